The van der Waals surface area contributed by atoms with Crippen molar-refractivity contribution in [3.63, 3.8) is 0 Å². The number of hydrogen-bond acceptors (Lipinski definition) is 3. The summed E-state index contributed by atoms with van der Waals surface area (Å²) in [7, 11) is -3.79. The Morgan fingerprint density at radius 1 is 0.457 bits per heavy atom. The monoisotopic (exact) mass is 472 g/mol. The Hall–Kier alpha value is -4.28. The van der Waals surface area contributed by atoms with E-state index in [1.54, 1.807) is 12.2 Å². The quantitative estimate of drug-likeness (QED) is 0.293. The van der Waals surface area contributed by atoms with E-state index in [0.717, 1.165) is 22.3 Å². The largest absolute Gasteiger partial charge is 0.289 e. The predicted octanol–water partition coefficient (Wildman–Crippen LogP) is 6.54. The molecule has 1 heterocycles. The third kappa shape index (κ3) is 3.42. The summed E-state index contributed by atoms with van der Waals surface area (Å²) < 4.78 is 27.7. The van der Waals surface area contributed by atoms with Gasteiger partial charge < -0.3 is 0 Å². The topological polar surface area (TPSA) is 51.2 Å². The Labute approximate surface area is 204 Å². The van der Waals surface area contributed by atoms with Gasteiger partial charge in [-0.05, 0) is 45.6 Å². The molecule has 35 heavy (non-hydrogen) atoms. The second kappa shape index (κ2) is 8.19. The van der Waals surface area contributed by atoms with E-state index in [2.05, 4.69) is 0 Å². The molecule has 0 atom stereocenters. The van der Waals surface area contributed by atoms with Crippen LogP contribution in [0.3, 0.4) is 0 Å². The van der Waals surface area contributed by atoms with Crippen LogP contribution in [0.15, 0.2) is 127 Å². The van der Waals surface area contributed by atoms with E-state index >= 15 is 0 Å². The summed E-state index contributed by atoms with van der Waals surface area (Å²) in [5, 5.41) is 0. The SMILES string of the molecule is O=C1c2ccccc2C(=C2C=C(c3ccccc3)S(=O)(=O)C(c3ccccc3)=C2)c2ccccc21. The van der Waals surface area contributed by atoms with Gasteiger partial charge in [-0.3, -0.25) is 4.79 Å². The standard InChI is InChI=1S/C31H20O3S/c32-31-26-17-9-7-15-24(26)30(25-16-8-10-18-27(25)31)23-19-28(21-11-3-1-4-12-21)35(33,34)29(20-23)22-13-5-2-6-14-22/h1-20H. The van der Waals surface area contributed by atoms with Crippen LogP contribution in [0.1, 0.15) is 38.2 Å². The van der Waals surface area contributed by atoms with E-state index in [-0.39, 0.29) is 15.6 Å². The smallest absolute Gasteiger partial charge is 0.207 e. The van der Waals surface area contributed by atoms with Crippen molar-refractivity contribution < 1.29 is 13.2 Å². The number of ketones is 1. The predicted molar refractivity (Wildman–Crippen MR) is 140 cm³/mol. The van der Waals surface area contributed by atoms with E-state index in [0.29, 0.717) is 22.3 Å². The summed E-state index contributed by atoms with van der Waals surface area (Å²) >= 11 is 0. The van der Waals surface area contributed by atoms with Gasteiger partial charge in [0.15, 0.2) is 5.78 Å². The van der Waals surface area contributed by atoms with Gasteiger partial charge in [0.1, 0.15) is 0 Å². The average Bonchev–Trinajstić information content (AvgIpc) is 2.90. The molecule has 0 N–H and O–H groups in total. The molecular weight excluding hydrogens is 452 g/mol. The first-order valence-electron chi connectivity index (χ1n) is 11.3. The normalized spacial score (nSPS) is 16.2. The van der Waals surface area contributed by atoms with Crippen LogP contribution in [-0.4, -0.2) is 14.2 Å². The molecule has 0 bridgehead atoms. The first-order valence-corrected chi connectivity index (χ1v) is 12.8. The number of fused-ring (bicyclic) bond motifs is 2. The van der Waals surface area contributed by atoms with Crippen LogP contribution in [0.4, 0.5) is 0 Å². The Balaban J connectivity index is 1.74. The Kier molecular flexibility index (Phi) is 4.97. The molecule has 4 aromatic carbocycles. The fourth-order valence-electron chi connectivity index (χ4n) is 4.82. The first kappa shape index (κ1) is 21.3. The molecule has 3 nitrogen and oxygen atoms in total. The van der Waals surface area contributed by atoms with Gasteiger partial charge in [0.05, 0.1) is 9.81 Å². The highest BCUT2D eigenvalue weighted by atomic mass is 32.2. The second-order valence-corrected chi connectivity index (χ2v) is 10.4. The van der Waals surface area contributed by atoms with Crippen LogP contribution in [-0.2, 0) is 9.84 Å². The van der Waals surface area contributed by atoms with Crippen LogP contribution < -0.4 is 0 Å². The minimum absolute atomic E-state index is 0.0245. The summed E-state index contributed by atoms with van der Waals surface area (Å²) in [6.07, 6.45) is 3.49. The highest BCUT2D eigenvalue weighted by molar-refractivity contribution is 8.09. The van der Waals surface area contributed by atoms with Crippen molar-refractivity contribution in [3.05, 3.63) is 160 Å². The number of rotatable bonds is 2. The highest BCUT2D eigenvalue weighted by Gasteiger charge is 2.33. The third-order valence-corrected chi connectivity index (χ3v) is 8.30. The molecule has 0 saturated heterocycles. The van der Waals surface area contributed by atoms with Crippen LogP contribution >= 0.6 is 0 Å². The van der Waals surface area contributed by atoms with Gasteiger partial charge in [0, 0.05) is 11.1 Å². The highest BCUT2D eigenvalue weighted by Crippen LogP contribution is 2.44. The van der Waals surface area contributed by atoms with E-state index in [1.165, 1.54) is 0 Å². The number of allylic oxidation sites excluding steroid dienone is 3. The number of carbonyl (C=O) groups excluding carboxylic acids is 1. The van der Waals surface area contributed by atoms with Crippen molar-refractivity contribution in [1.29, 1.82) is 0 Å². The molecule has 1 aliphatic heterocycles. The van der Waals surface area contributed by atoms with Gasteiger partial charge in [-0.15, -0.1) is 0 Å². The van der Waals surface area contributed by atoms with E-state index < -0.39 is 9.84 Å². The maximum atomic E-state index is 13.9. The average molecular weight is 473 g/mol. The number of benzene rings is 4. The van der Waals surface area contributed by atoms with Gasteiger partial charge in [0.25, 0.3) is 0 Å². The van der Waals surface area contributed by atoms with Crippen molar-refractivity contribution in [1.82, 2.24) is 0 Å². The summed E-state index contributed by atoms with van der Waals surface area (Å²) in [5.41, 5.74) is 5.70. The van der Waals surface area contributed by atoms with Crippen LogP contribution in [0, 0.1) is 0 Å². The van der Waals surface area contributed by atoms with Crippen molar-refractivity contribution >= 4 is 31.0 Å². The molecule has 0 aromatic heterocycles. The Bertz CT molecular complexity index is 1570. The summed E-state index contributed by atoms with van der Waals surface area (Å²) in [5.74, 6) is -0.0245. The zero-order valence-corrected chi connectivity index (χ0v) is 19.5. The van der Waals surface area contributed by atoms with Crippen LogP contribution in [0.2, 0.25) is 0 Å². The van der Waals surface area contributed by atoms with Crippen molar-refractivity contribution in [2.75, 3.05) is 0 Å². The fraction of sp³-hybridized carbons (Fsp3) is 0. The molecule has 6 rings (SSSR count). The van der Waals surface area contributed by atoms with Crippen molar-refractivity contribution in [2.45, 2.75) is 0 Å². The Morgan fingerprint density at radius 3 is 1.26 bits per heavy atom. The lowest BCUT2D eigenvalue weighted by atomic mass is 9.79. The van der Waals surface area contributed by atoms with E-state index in [1.807, 2.05) is 109 Å². The lowest BCUT2D eigenvalue weighted by Crippen LogP contribution is -2.16. The lowest BCUT2D eigenvalue weighted by molar-refractivity contribution is 0.103. The van der Waals surface area contributed by atoms with Gasteiger partial charge >= 0.3 is 0 Å². The van der Waals surface area contributed by atoms with Gasteiger partial charge in [-0.1, -0.05) is 109 Å². The van der Waals surface area contributed by atoms with Crippen molar-refractivity contribution in [2.24, 2.45) is 0 Å². The van der Waals surface area contributed by atoms with Crippen LogP contribution in [0.5, 0.6) is 0 Å². The molecule has 1 aliphatic carbocycles. The second-order valence-electron chi connectivity index (χ2n) is 8.50. The molecule has 4 heteroatoms. The summed E-state index contributed by atoms with van der Waals surface area (Å²) in [6, 6.07) is 33.4. The fourth-order valence-corrected chi connectivity index (χ4v) is 6.52. The molecule has 2 aliphatic rings. The van der Waals surface area contributed by atoms with Crippen molar-refractivity contribution in [3.8, 4) is 0 Å². The summed E-state index contributed by atoms with van der Waals surface area (Å²) in [4.78, 5) is 13.8. The number of carbonyl (C=O) groups is 1. The molecule has 168 valence electrons. The van der Waals surface area contributed by atoms with E-state index in [9.17, 15) is 13.2 Å². The molecular formula is C31H20O3S. The molecule has 0 spiro atoms. The van der Waals surface area contributed by atoms with Crippen LogP contribution in [0.25, 0.3) is 15.4 Å². The maximum absolute atomic E-state index is 13.9. The van der Waals surface area contributed by atoms with Gasteiger partial charge in [-0.2, -0.15) is 0 Å². The lowest BCUT2D eigenvalue weighted by Gasteiger charge is -2.25. The molecule has 0 saturated carbocycles. The number of sulfone groups is 1. The molecule has 0 fully saturated rings. The number of hydrogen-bond donors (Lipinski definition) is 0. The minimum Gasteiger partial charge on any atom is -0.289 e. The summed E-state index contributed by atoms with van der Waals surface area (Å²) in [6.45, 7) is 0. The zero-order valence-electron chi connectivity index (χ0n) is 18.7. The first-order chi connectivity index (χ1) is 17.1. The maximum Gasteiger partial charge on any atom is 0.207 e. The Morgan fingerprint density at radius 2 is 0.829 bits per heavy atom. The third-order valence-electron chi connectivity index (χ3n) is 6.44. The molecule has 0 radical (unpaired) electrons. The van der Waals surface area contributed by atoms with Gasteiger partial charge in [-0.25, -0.2) is 8.42 Å². The van der Waals surface area contributed by atoms with Gasteiger partial charge in [0.2, 0.25) is 9.84 Å². The van der Waals surface area contributed by atoms with E-state index in [4.69, 9.17) is 0 Å². The molecule has 0 unspecified atom stereocenters. The molecule has 0 amide bonds. The minimum atomic E-state index is -3.79. The molecule has 4 aromatic rings. The zero-order chi connectivity index (χ0) is 24.0.